The maximum absolute atomic E-state index is 12.2. The lowest BCUT2D eigenvalue weighted by Gasteiger charge is -2.31. The number of aromatic nitrogens is 2. The van der Waals surface area contributed by atoms with Crippen LogP contribution in [0.2, 0.25) is 0 Å². The van der Waals surface area contributed by atoms with Crippen molar-refractivity contribution >= 4 is 5.97 Å². The van der Waals surface area contributed by atoms with E-state index in [1.165, 1.54) is 7.11 Å². The van der Waals surface area contributed by atoms with Crippen molar-refractivity contribution in [1.29, 1.82) is 0 Å². The molecule has 0 radical (unpaired) electrons. The average Bonchev–Trinajstić information content (AvgIpc) is 3.13. The summed E-state index contributed by atoms with van der Waals surface area (Å²) in [4.78, 5) is 16.6. The third-order valence-electron chi connectivity index (χ3n) is 4.14. The maximum atomic E-state index is 12.2. The molecule has 2 unspecified atom stereocenters. The summed E-state index contributed by atoms with van der Waals surface area (Å²) in [5.74, 6) is 0.905. The van der Waals surface area contributed by atoms with Gasteiger partial charge in [-0.1, -0.05) is 6.92 Å². The molecule has 5 heteroatoms. The highest BCUT2D eigenvalue weighted by molar-refractivity contribution is 5.80. The van der Waals surface area contributed by atoms with E-state index in [1.807, 2.05) is 19.3 Å². The Balaban J connectivity index is 2.11. The number of carbonyl (C=O) groups excluding carboxylic acids is 1. The van der Waals surface area contributed by atoms with Crippen LogP contribution < -0.4 is 5.32 Å². The molecule has 1 aromatic rings. The maximum Gasteiger partial charge on any atom is 0.325 e. The first kappa shape index (κ1) is 16.0. The van der Waals surface area contributed by atoms with E-state index >= 15 is 0 Å². The molecule has 5 nitrogen and oxygen atoms in total. The molecule has 21 heavy (non-hydrogen) atoms. The number of aryl methyl sites for hydroxylation is 1. The number of methoxy groups -OCH3 is 1. The summed E-state index contributed by atoms with van der Waals surface area (Å²) in [5.41, 5.74) is -0.636. The number of hydrogen-bond donors (Lipinski definition) is 1. The summed E-state index contributed by atoms with van der Waals surface area (Å²) in [6, 6.07) is 0.656. The van der Waals surface area contributed by atoms with Crippen LogP contribution in [0, 0.1) is 0 Å². The van der Waals surface area contributed by atoms with Gasteiger partial charge in [-0.25, -0.2) is 4.98 Å². The summed E-state index contributed by atoms with van der Waals surface area (Å²) >= 11 is 0. The minimum absolute atomic E-state index is 0.182. The van der Waals surface area contributed by atoms with Gasteiger partial charge in [-0.2, -0.15) is 0 Å². The second kappa shape index (κ2) is 6.60. The van der Waals surface area contributed by atoms with Crippen molar-refractivity contribution < 1.29 is 9.53 Å². The molecule has 1 aliphatic carbocycles. The van der Waals surface area contributed by atoms with Gasteiger partial charge in [0.05, 0.1) is 7.11 Å². The molecule has 1 aromatic heterocycles. The second-order valence-corrected chi connectivity index (χ2v) is 6.30. The number of rotatable bonds is 8. The highest BCUT2D eigenvalue weighted by atomic mass is 16.5. The Morgan fingerprint density at radius 1 is 1.62 bits per heavy atom. The monoisotopic (exact) mass is 293 g/mol. The molecular weight excluding hydrogens is 266 g/mol. The Bertz CT molecular complexity index is 482. The molecule has 1 aliphatic rings. The summed E-state index contributed by atoms with van der Waals surface area (Å²) in [6.07, 6.45) is 8.86. The van der Waals surface area contributed by atoms with Gasteiger partial charge in [0.15, 0.2) is 0 Å². The van der Waals surface area contributed by atoms with E-state index in [-0.39, 0.29) is 12.0 Å². The van der Waals surface area contributed by atoms with E-state index < -0.39 is 5.54 Å². The molecule has 1 heterocycles. The number of esters is 1. The van der Waals surface area contributed by atoms with Gasteiger partial charge < -0.3 is 9.30 Å². The van der Waals surface area contributed by atoms with Crippen LogP contribution in [0.15, 0.2) is 12.4 Å². The number of nitrogens with one attached hydrogen (secondary N) is 1. The van der Waals surface area contributed by atoms with Crippen molar-refractivity contribution in [2.24, 2.45) is 0 Å². The lowest BCUT2D eigenvalue weighted by molar-refractivity contribution is -0.148. The number of nitrogens with zero attached hydrogens (tertiary/aromatic N) is 2. The van der Waals surface area contributed by atoms with Gasteiger partial charge in [0.2, 0.25) is 0 Å². The molecule has 0 bridgehead atoms. The van der Waals surface area contributed by atoms with E-state index in [9.17, 15) is 4.79 Å². The van der Waals surface area contributed by atoms with E-state index in [4.69, 9.17) is 4.74 Å². The van der Waals surface area contributed by atoms with Crippen molar-refractivity contribution in [3.8, 4) is 0 Å². The molecular formula is C16H27N3O2. The third-order valence-corrected chi connectivity index (χ3v) is 4.14. The largest absolute Gasteiger partial charge is 0.468 e. The van der Waals surface area contributed by atoms with Gasteiger partial charge in [0.25, 0.3) is 0 Å². The van der Waals surface area contributed by atoms with Crippen molar-refractivity contribution in [2.45, 2.75) is 70.5 Å². The smallest absolute Gasteiger partial charge is 0.325 e. The van der Waals surface area contributed by atoms with Crippen LogP contribution in [0.3, 0.4) is 0 Å². The van der Waals surface area contributed by atoms with Crippen LogP contribution in [0.1, 0.15) is 58.3 Å². The summed E-state index contributed by atoms with van der Waals surface area (Å²) in [7, 11) is 1.46. The van der Waals surface area contributed by atoms with Gasteiger partial charge in [-0.3, -0.25) is 10.1 Å². The molecule has 0 spiro atoms. The minimum Gasteiger partial charge on any atom is -0.468 e. The Kier molecular flexibility index (Phi) is 5.04. The summed E-state index contributed by atoms with van der Waals surface area (Å²) in [5, 5.41) is 3.45. The molecule has 0 aromatic carbocycles. The Morgan fingerprint density at radius 2 is 2.33 bits per heavy atom. The lowest BCUT2D eigenvalue weighted by atomic mass is 9.93. The Hall–Kier alpha value is -1.36. The first-order valence-electron chi connectivity index (χ1n) is 7.88. The lowest BCUT2D eigenvalue weighted by Crippen LogP contribution is -2.52. The van der Waals surface area contributed by atoms with Crippen molar-refractivity contribution in [3.05, 3.63) is 18.2 Å². The molecule has 2 rings (SSSR count). The molecule has 0 amide bonds. The first-order valence-corrected chi connectivity index (χ1v) is 7.88. The van der Waals surface area contributed by atoms with Crippen LogP contribution in [0.5, 0.6) is 0 Å². The Morgan fingerprint density at radius 3 is 2.90 bits per heavy atom. The molecule has 1 fully saturated rings. The van der Waals surface area contributed by atoms with Gasteiger partial charge in [0.1, 0.15) is 11.4 Å². The standard InChI is InChI=1S/C16H27N3O2/c1-5-6-14-17-9-10-19(14)12(2)11-16(3,15(20)21-4)18-13-7-8-13/h9-10,12-13,18H,5-8,11H2,1-4H3. The van der Waals surface area contributed by atoms with Gasteiger partial charge in [0, 0.05) is 30.9 Å². The molecule has 0 aliphatic heterocycles. The molecule has 118 valence electrons. The predicted octanol–water partition coefficient (Wildman–Crippen LogP) is 2.47. The summed E-state index contributed by atoms with van der Waals surface area (Å²) in [6.45, 7) is 6.23. The fraction of sp³-hybridized carbons (Fsp3) is 0.750. The van der Waals surface area contributed by atoms with Gasteiger partial charge in [-0.05, 0) is 39.5 Å². The van der Waals surface area contributed by atoms with Crippen LogP contribution in [-0.4, -0.2) is 34.2 Å². The number of carbonyl (C=O) groups is 1. The van der Waals surface area contributed by atoms with Crippen LogP contribution >= 0.6 is 0 Å². The fourth-order valence-electron chi connectivity index (χ4n) is 2.96. The SMILES string of the molecule is CCCc1nccn1C(C)CC(C)(NC1CC1)C(=O)OC. The van der Waals surface area contributed by atoms with E-state index in [2.05, 4.69) is 28.7 Å². The predicted molar refractivity (Wildman–Crippen MR) is 82.1 cm³/mol. The normalized spacial score (nSPS) is 19.0. The quantitative estimate of drug-likeness (QED) is 0.748. The number of imidazole rings is 1. The highest BCUT2D eigenvalue weighted by Crippen LogP contribution is 2.29. The average molecular weight is 293 g/mol. The van der Waals surface area contributed by atoms with Crippen molar-refractivity contribution in [1.82, 2.24) is 14.9 Å². The zero-order valence-corrected chi connectivity index (χ0v) is 13.6. The van der Waals surface area contributed by atoms with E-state index in [0.717, 1.165) is 31.5 Å². The van der Waals surface area contributed by atoms with Crippen molar-refractivity contribution in [2.75, 3.05) is 7.11 Å². The number of ether oxygens (including phenoxy) is 1. The zero-order valence-electron chi connectivity index (χ0n) is 13.6. The van der Waals surface area contributed by atoms with Crippen LogP contribution in [0.4, 0.5) is 0 Å². The zero-order chi connectivity index (χ0) is 15.5. The van der Waals surface area contributed by atoms with Crippen LogP contribution in [-0.2, 0) is 16.0 Å². The summed E-state index contributed by atoms with van der Waals surface area (Å²) < 4.78 is 7.19. The van der Waals surface area contributed by atoms with E-state index in [1.54, 1.807) is 0 Å². The molecule has 2 atom stereocenters. The van der Waals surface area contributed by atoms with E-state index in [0.29, 0.717) is 12.5 Å². The molecule has 1 saturated carbocycles. The first-order chi connectivity index (χ1) is 10.00. The fourth-order valence-corrected chi connectivity index (χ4v) is 2.96. The molecule has 0 saturated heterocycles. The second-order valence-electron chi connectivity index (χ2n) is 6.30. The van der Waals surface area contributed by atoms with Crippen LogP contribution in [0.25, 0.3) is 0 Å². The highest BCUT2D eigenvalue weighted by Gasteiger charge is 2.40. The van der Waals surface area contributed by atoms with Gasteiger partial charge >= 0.3 is 5.97 Å². The minimum atomic E-state index is -0.636. The third kappa shape index (κ3) is 3.84. The topological polar surface area (TPSA) is 56.2 Å². The Labute approximate surface area is 127 Å². The molecule has 1 N–H and O–H groups in total. The number of hydrogen-bond acceptors (Lipinski definition) is 4. The van der Waals surface area contributed by atoms with Crippen molar-refractivity contribution in [3.63, 3.8) is 0 Å². The van der Waals surface area contributed by atoms with Gasteiger partial charge in [-0.15, -0.1) is 0 Å².